The third-order valence-corrected chi connectivity index (χ3v) is 9.55. The maximum absolute atomic E-state index is 13.9. The van der Waals surface area contributed by atoms with Crippen LogP contribution in [0.5, 0.6) is 5.75 Å². The molecule has 2 aliphatic heterocycles. The zero-order chi connectivity index (χ0) is 33.3. The average molecular weight is 660 g/mol. The summed E-state index contributed by atoms with van der Waals surface area (Å²) in [6.45, 7) is 1.05. The van der Waals surface area contributed by atoms with Crippen molar-refractivity contribution < 1.29 is 24.3 Å². The number of phenolic OH excluding ortho intramolecular Hbond substituents is 1. The third kappa shape index (κ3) is 8.94. The highest BCUT2D eigenvalue weighted by atomic mass is 32.1. The number of phenols is 1. The second-order valence-electron chi connectivity index (χ2n) is 12.2. The van der Waals surface area contributed by atoms with Gasteiger partial charge in [0.2, 0.25) is 23.5 Å². The fourth-order valence-corrected chi connectivity index (χ4v) is 6.97. The predicted octanol–water partition coefficient (Wildman–Crippen LogP) is 2.43. The molecule has 1 aromatic heterocycles. The number of amides is 3. The molecule has 5 N–H and O–H groups in total. The zero-order valence-corrected chi connectivity index (χ0v) is 27.0. The number of aromatic hydroxyl groups is 1. The van der Waals surface area contributed by atoms with Gasteiger partial charge in [-0.1, -0.05) is 42.5 Å². The number of hydrogen-bond acceptors (Lipinski definition) is 8. The first-order valence-corrected chi connectivity index (χ1v) is 16.8. The Bertz CT molecular complexity index is 1550. The number of carbonyl (C=O) groups excluding carboxylic acids is 4. The second-order valence-corrected chi connectivity index (χ2v) is 13.0. The first kappa shape index (κ1) is 33.6. The van der Waals surface area contributed by atoms with Gasteiger partial charge in [0.1, 0.15) is 18.3 Å². The van der Waals surface area contributed by atoms with Crippen molar-refractivity contribution in [2.75, 3.05) is 32.7 Å². The van der Waals surface area contributed by atoms with Crippen molar-refractivity contribution in [1.82, 2.24) is 25.0 Å². The number of rotatable bonds is 13. The number of piperidine rings is 1. The number of piperazine rings is 1. The molecular formula is C34H41N7O5S. The van der Waals surface area contributed by atoms with Crippen LogP contribution < -0.4 is 11.1 Å². The Morgan fingerprint density at radius 1 is 1.11 bits per heavy atom. The molecule has 5 rings (SSSR count). The SMILES string of the molecule is N=C(N)N1CCCC(C[C@H](NC(=O)CN2C(=O)CN(CCCc3ccc(O)cc3)C(=O)[C@H]2Cc2ccccc2)C(=O)c2nccs2)C1. The molecule has 0 saturated carbocycles. The lowest BCUT2D eigenvalue weighted by molar-refractivity contribution is -0.157. The quantitative estimate of drug-likeness (QED) is 0.123. The molecule has 248 valence electrons. The van der Waals surface area contributed by atoms with Crippen molar-refractivity contribution in [2.45, 2.75) is 50.6 Å². The number of ketones is 1. The molecule has 47 heavy (non-hydrogen) atoms. The van der Waals surface area contributed by atoms with E-state index in [4.69, 9.17) is 11.1 Å². The topological polar surface area (TPSA) is 173 Å². The number of nitrogens with zero attached hydrogens (tertiary/aromatic N) is 4. The van der Waals surface area contributed by atoms with Crippen LogP contribution in [0.25, 0.3) is 0 Å². The van der Waals surface area contributed by atoms with Gasteiger partial charge in [0.05, 0.1) is 12.6 Å². The lowest BCUT2D eigenvalue weighted by Crippen LogP contribution is -2.62. The van der Waals surface area contributed by atoms with E-state index in [1.165, 1.54) is 22.4 Å². The van der Waals surface area contributed by atoms with Crippen LogP contribution in [0.3, 0.4) is 0 Å². The molecule has 0 spiro atoms. The van der Waals surface area contributed by atoms with Crippen molar-refractivity contribution in [3.05, 3.63) is 82.3 Å². The maximum Gasteiger partial charge on any atom is 0.246 e. The number of hydrogen-bond donors (Lipinski definition) is 4. The maximum atomic E-state index is 13.9. The first-order chi connectivity index (χ1) is 22.7. The summed E-state index contributed by atoms with van der Waals surface area (Å²) >= 11 is 1.20. The molecule has 1 unspecified atom stereocenters. The number of aromatic nitrogens is 1. The molecule has 2 aromatic carbocycles. The largest absolute Gasteiger partial charge is 0.508 e. The normalized spacial score (nSPS) is 19.0. The van der Waals surface area contributed by atoms with Crippen LogP contribution in [0.1, 0.15) is 46.6 Å². The van der Waals surface area contributed by atoms with Gasteiger partial charge < -0.3 is 30.9 Å². The van der Waals surface area contributed by atoms with E-state index in [0.29, 0.717) is 38.9 Å². The number of guanidine groups is 1. The van der Waals surface area contributed by atoms with Gasteiger partial charge in [-0.05, 0) is 61.3 Å². The van der Waals surface area contributed by atoms with Crippen LogP contribution in [0.15, 0.2) is 66.2 Å². The minimum Gasteiger partial charge on any atom is -0.508 e. The fourth-order valence-electron chi connectivity index (χ4n) is 6.34. The van der Waals surface area contributed by atoms with Gasteiger partial charge in [-0.3, -0.25) is 24.6 Å². The van der Waals surface area contributed by atoms with Crippen LogP contribution in [0.2, 0.25) is 0 Å². The number of thiazole rings is 1. The monoisotopic (exact) mass is 659 g/mol. The van der Waals surface area contributed by atoms with Gasteiger partial charge in [0.15, 0.2) is 11.0 Å². The van der Waals surface area contributed by atoms with E-state index < -0.39 is 18.0 Å². The number of benzene rings is 2. The molecule has 13 heteroatoms. The van der Waals surface area contributed by atoms with Crippen molar-refractivity contribution in [3.8, 4) is 5.75 Å². The summed E-state index contributed by atoms with van der Waals surface area (Å²) in [5.41, 5.74) is 7.61. The smallest absolute Gasteiger partial charge is 0.246 e. The van der Waals surface area contributed by atoms with Crippen LogP contribution in [-0.4, -0.2) is 99.1 Å². The Labute approximate surface area is 278 Å². The number of aryl methyl sites for hydroxylation is 1. The molecule has 3 amide bonds. The summed E-state index contributed by atoms with van der Waals surface area (Å²) in [6, 6.07) is 14.5. The standard InChI is InChI=1S/C34H41N7O5S/c35-34(36)40-16-5-9-25(20-40)18-27(31(45)32-37-14-17-47-32)38-29(43)21-41-28(19-24-6-2-1-3-7-24)33(46)39(22-30(41)44)15-4-8-23-10-12-26(42)13-11-23/h1-3,6-7,10-14,17,25,27-28,42H,4-5,8-9,15-16,18-22H2,(H3,35,36)(H,38,43)/t25?,27-,28+/m0/s1. The Balaban J connectivity index is 1.29. The molecular weight excluding hydrogens is 618 g/mol. The van der Waals surface area contributed by atoms with Crippen LogP contribution in [-0.2, 0) is 27.2 Å². The van der Waals surface area contributed by atoms with Crippen molar-refractivity contribution in [3.63, 3.8) is 0 Å². The lowest BCUT2D eigenvalue weighted by Gasteiger charge is -2.40. The van der Waals surface area contributed by atoms with Crippen molar-refractivity contribution in [1.29, 1.82) is 5.41 Å². The average Bonchev–Trinajstić information content (AvgIpc) is 3.61. The summed E-state index contributed by atoms with van der Waals surface area (Å²) in [6.07, 6.45) is 5.06. The van der Waals surface area contributed by atoms with E-state index in [-0.39, 0.29) is 59.7 Å². The van der Waals surface area contributed by atoms with Gasteiger partial charge in [-0.25, -0.2) is 4.98 Å². The van der Waals surface area contributed by atoms with Crippen LogP contribution in [0.4, 0.5) is 0 Å². The molecule has 12 nitrogen and oxygen atoms in total. The summed E-state index contributed by atoms with van der Waals surface area (Å²) in [4.78, 5) is 63.4. The number of nitrogens with one attached hydrogen (secondary N) is 2. The summed E-state index contributed by atoms with van der Waals surface area (Å²) in [5, 5.41) is 22.2. The number of likely N-dealkylation sites (tertiary alicyclic amines) is 1. The fraction of sp³-hybridized carbons (Fsp3) is 0.412. The molecule has 0 bridgehead atoms. The Morgan fingerprint density at radius 2 is 1.87 bits per heavy atom. The van der Waals surface area contributed by atoms with Gasteiger partial charge in [0, 0.05) is 37.6 Å². The number of Topliss-reactive ketones (excluding diaryl/α,β-unsaturated/α-hetero) is 1. The molecule has 2 saturated heterocycles. The summed E-state index contributed by atoms with van der Waals surface area (Å²) < 4.78 is 0. The van der Waals surface area contributed by atoms with E-state index in [2.05, 4.69) is 10.3 Å². The van der Waals surface area contributed by atoms with Gasteiger partial charge in [-0.2, -0.15) is 0 Å². The molecule has 3 aromatic rings. The summed E-state index contributed by atoms with van der Waals surface area (Å²) in [7, 11) is 0. The molecule has 0 radical (unpaired) electrons. The van der Waals surface area contributed by atoms with E-state index >= 15 is 0 Å². The van der Waals surface area contributed by atoms with E-state index in [1.54, 1.807) is 27.3 Å². The minimum atomic E-state index is -0.884. The number of carbonyl (C=O) groups is 4. The molecule has 0 aliphatic carbocycles. The van der Waals surface area contributed by atoms with Crippen molar-refractivity contribution >= 4 is 40.8 Å². The van der Waals surface area contributed by atoms with E-state index in [0.717, 1.165) is 24.0 Å². The van der Waals surface area contributed by atoms with Crippen LogP contribution >= 0.6 is 11.3 Å². The zero-order valence-electron chi connectivity index (χ0n) is 26.2. The lowest BCUT2D eigenvalue weighted by atomic mass is 9.90. The third-order valence-electron chi connectivity index (χ3n) is 8.76. The highest BCUT2D eigenvalue weighted by molar-refractivity contribution is 7.11. The Morgan fingerprint density at radius 3 is 2.57 bits per heavy atom. The van der Waals surface area contributed by atoms with Gasteiger partial charge >= 0.3 is 0 Å². The highest BCUT2D eigenvalue weighted by Crippen LogP contribution is 2.24. The molecule has 3 atom stereocenters. The predicted molar refractivity (Wildman–Crippen MR) is 178 cm³/mol. The van der Waals surface area contributed by atoms with Crippen molar-refractivity contribution in [2.24, 2.45) is 11.7 Å². The number of nitrogens with two attached hydrogens (primary N) is 1. The minimum absolute atomic E-state index is 0.0148. The molecule has 3 heterocycles. The summed E-state index contributed by atoms with van der Waals surface area (Å²) in [5.74, 6) is -1.22. The first-order valence-electron chi connectivity index (χ1n) is 15.9. The molecule has 2 aliphatic rings. The van der Waals surface area contributed by atoms with E-state index in [1.807, 2.05) is 42.5 Å². The second kappa shape index (κ2) is 15.7. The highest BCUT2D eigenvalue weighted by Gasteiger charge is 2.40. The van der Waals surface area contributed by atoms with Crippen LogP contribution in [0, 0.1) is 11.3 Å². The van der Waals surface area contributed by atoms with Gasteiger partial charge in [0.25, 0.3) is 0 Å². The Kier molecular flexibility index (Phi) is 11.2. The van der Waals surface area contributed by atoms with E-state index in [9.17, 15) is 24.3 Å². The molecule has 2 fully saturated rings. The van der Waals surface area contributed by atoms with Gasteiger partial charge in [-0.15, -0.1) is 11.3 Å². The Hall–Kier alpha value is -4.78.